The maximum Gasteiger partial charge on any atom is 0.288 e. The predicted octanol–water partition coefficient (Wildman–Crippen LogP) is 0.912. The second kappa shape index (κ2) is 4.21. The highest BCUT2D eigenvalue weighted by atomic mass is 32.2. The van der Waals surface area contributed by atoms with Crippen molar-refractivity contribution in [2.75, 3.05) is 0 Å². The first-order valence-corrected chi connectivity index (χ1v) is 4.79. The van der Waals surface area contributed by atoms with E-state index in [0.29, 0.717) is 7.69 Å². The van der Waals surface area contributed by atoms with Crippen LogP contribution in [0, 0.1) is 35.8 Å². The van der Waals surface area contributed by atoms with Crippen LogP contribution in [0.25, 0.3) is 21.1 Å². The molecule has 0 saturated heterocycles. The molecule has 0 spiro atoms. The van der Waals surface area contributed by atoms with Crippen LogP contribution in [-0.2, 0) is 0 Å². The molecule has 1 heterocycles. The molecule has 0 unspecified atom stereocenters. The van der Waals surface area contributed by atoms with E-state index in [1.54, 1.807) is 12.1 Å². The molecule has 0 radical (unpaired) electrons. The van der Waals surface area contributed by atoms with Crippen molar-refractivity contribution in [3.63, 3.8) is 0 Å². The van der Waals surface area contributed by atoms with E-state index in [1.165, 1.54) is 0 Å². The van der Waals surface area contributed by atoms with Crippen molar-refractivity contribution in [1.29, 1.82) is 10.5 Å². The van der Waals surface area contributed by atoms with Gasteiger partial charge in [0.1, 0.15) is 0 Å². The molecule has 0 fully saturated rings. The fourth-order valence-corrected chi connectivity index (χ4v) is 2.46. The van der Waals surface area contributed by atoms with Gasteiger partial charge in [-0.2, -0.15) is 0 Å². The molecule has 0 aliphatic rings. The highest BCUT2D eigenvalue weighted by Gasteiger charge is 2.04. The Kier molecular flexibility index (Phi) is 3.00. The summed E-state index contributed by atoms with van der Waals surface area (Å²) < 4.78 is 1.13. The number of nitriles is 2. The first-order chi connectivity index (χ1) is 6.76. The van der Waals surface area contributed by atoms with Crippen molar-refractivity contribution in [1.82, 2.24) is 0 Å². The molecule has 1 aromatic rings. The highest BCUT2D eigenvalue weighted by Crippen LogP contribution is 2.02. The molecular formula is C8N4S2. The third-order valence-corrected chi connectivity index (χ3v) is 3.71. The summed E-state index contributed by atoms with van der Waals surface area (Å²) in [5.41, 5.74) is 0.0389. The number of nitrogens with zero attached hydrogens (tertiary/aromatic N) is 4. The maximum atomic E-state index is 8.51. The van der Waals surface area contributed by atoms with E-state index >= 15 is 0 Å². The lowest BCUT2D eigenvalue weighted by atomic mass is 10.6. The van der Waals surface area contributed by atoms with E-state index in [4.69, 9.17) is 23.7 Å². The molecule has 14 heavy (non-hydrogen) atoms. The fourth-order valence-electron chi connectivity index (χ4n) is 0.602. The Hall–Kier alpha value is -2.12. The summed E-state index contributed by atoms with van der Waals surface area (Å²) in [5, 5.41) is 17.0. The standard InChI is InChI=1S/C8N4S2/c1-11-5(3-9)7-13-8(14-7)6(4-10)12-2. The monoisotopic (exact) mass is 216 g/mol. The molecule has 0 aliphatic carbocycles. The van der Waals surface area contributed by atoms with E-state index in [0.717, 1.165) is 22.7 Å². The summed E-state index contributed by atoms with van der Waals surface area (Å²) >= 11 is 2.28. The third kappa shape index (κ3) is 1.63. The molecule has 0 atom stereocenters. The van der Waals surface area contributed by atoms with Crippen molar-refractivity contribution < 1.29 is 0 Å². The van der Waals surface area contributed by atoms with E-state index in [1.807, 2.05) is 0 Å². The molecule has 0 saturated carbocycles. The van der Waals surface area contributed by atoms with Crippen LogP contribution < -0.4 is 7.69 Å². The van der Waals surface area contributed by atoms with Gasteiger partial charge in [-0.05, 0) is 0 Å². The Morgan fingerprint density at radius 2 is 1.36 bits per heavy atom. The van der Waals surface area contributed by atoms with Crippen LogP contribution in [0.1, 0.15) is 0 Å². The summed E-state index contributed by atoms with van der Waals surface area (Å²) in [7, 11) is 0. The summed E-state index contributed by atoms with van der Waals surface area (Å²) in [4.78, 5) is 6.04. The largest absolute Gasteiger partial charge is 0.288 e. The van der Waals surface area contributed by atoms with Gasteiger partial charge in [-0.25, -0.2) is 20.2 Å². The zero-order valence-electron chi connectivity index (χ0n) is 6.61. The van der Waals surface area contributed by atoms with Gasteiger partial charge < -0.3 is 0 Å². The Morgan fingerprint density at radius 3 is 1.57 bits per heavy atom. The van der Waals surface area contributed by atoms with Crippen molar-refractivity contribution in [3.05, 3.63) is 30.5 Å². The Labute approximate surface area is 87.5 Å². The van der Waals surface area contributed by atoms with Crippen LogP contribution in [0.15, 0.2) is 0 Å². The number of hydrogen-bond acceptors (Lipinski definition) is 4. The normalized spacial score (nSPS) is 7.71. The molecule has 0 N–H and O–H groups in total. The number of rotatable bonds is 0. The maximum absolute atomic E-state index is 8.51. The quantitative estimate of drug-likeness (QED) is 0.605. The number of hydrogen-bond donors (Lipinski definition) is 0. The molecule has 0 bridgehead atoms. The second-order valence-corrected chi connectivity index (χ2v) is 4.48. The average Bonchev–Trinajstić information content (AvgIpc) is 2.16. The van der Waals surface area contributed by atoms with Crippen LogP contribution in [-0.4, -0.2) is 0 Å². The van der Waals surface area contributed by atoms with Crippen LogP contribution in [0.3, 0.4) is 0 Å². The predicted molar refractivity (Wildman–Crippen MR) is 52.7 cm³/mol. The molecule has 1 aromatic heterocycles. The Balaban J connectivity index is 3.42. The smallest absolute Gasteiger partial charge is 0.224 e. The highest BCUT2D eigenvalue weighted by molar-refractivity contribution is 7.36. The molecule has 0 aromatic carbocycles. The molecule has 64 valence electrons. The van der Waals surface area contributed by atoms with Crippen molar-refractivity contribution in [2.24, 2.45) is 0 Å². The Bertz CT molecular complexity index is 529. The SMILES string of the molecule is [C-]#[N+]C(C#N)=c1sc(=C(C#N)[N+]#[C-])s1. The van der Waals surface area contributed by atoms with Crippen molar-refractivity contribution in [3.8, 4) is 12.1 Å². The topological polar surface area (TPSA) is 56.3 Å². The van der Waals surface area contributed by atoms with E-state index in [2.05, 4.69) is 9.69 Å². The molecule has 4 nitrogen and oxygen atoms in total. The minimum absolute atomic E-state index is 0.0195. The van der Waals surface area contributed by atoms with Gasteiger partial charge in [0, 0.05) is 0 Å². The second-order valence-electron chi connectivity index (χ2n) is 1.92. The van der Waals surface area contributed by atoms with Crippen LogP contribution in [0.5, 0.6) is 0 Å². The van der Waals surface area contributed by atoms with Crippen molar-refractivity contribution in [2.45, 2.75) is 0 Å². The summed E-state index contributed by atoms with van der Waals surface area (Å²) in [6.45, 7) is 13.3. The lowest BCUT2D eigenvalue weighted by Gasteiger charge is -1.91. The zero-order valence-corrected chi connectivity index (χ0v) is 8.24. The van der Waals surface area contributed by atoms with E-state index < -0.39 is 0 Å². The van der Waals surface area contributed by atoms with Gasteiger partial charge in [-0.1, -0.05) is 0 Å². The molecule has 0 amide bonds. The molecule has 1 rings (SSSR count). The van der Waals surface area contributed by atoms with Gasteiger partial charge in [0.25, 0.3) is 11.4 Å². The van der Waals surface area contributed by atoms with E-state index in [-0.39, 0.29) is 11.4 Å². The Morgan fingerprint density at radius 1 is 1.00 bits per heavy atom. The van der Waals surface area contributed by atoms with Gasteiger partial charge in [0.2, 0.25) is 0 Å². The summed E-state index contributed by atoms with van der Waals surface area (Å²) in [5.74, 6) is 0. The van der Waals surface area contributed by atoms with Gasteiger partial charge in [-0.3, -0.25) is 0 Å². The fraction of sp³-hybridized carbons (Fsp3) is 0. The lowest BCUT2D eigenvalue weighted by molar-refractivity contribution is 1.54. The zero-order chi connectivity index (χ0) is 10.6. The molecular weight excluding hydrogens is 216 g/mol. The summed E-state index contributed by atoms with van der Waals surface area (Å²) in [6.07, 6.45) is 0. The summed E-state index contributed by atoms with van der Waals surface area (Å²) in [6, 6.07) is 3.50. The first-order valence-electron chi connectivity index (χ1n) is 3.16. The van der Waals surface area contributed by atoms with Crippen LogP contribution in [0.4, 0.5) is 0 Å². The molecule has 6 heteroatoms. The van der Waals surface area contributed by atoms with Gasteiger partial charge in [-0.15, -0.1) is 22.7 Å². The van der Waals surface area contributed by atoms with Gasteiger partial charge in [0.15, 0.2) is 0 Å². The lowest BCUT2D eigenvalue weighted by Crippen LogP contribution is -2.13. The van der Waals surface area contributed by atoms with E-state index in [9.17, 15) is 0 Å². The average molecular weight is 216 g/mol. The molecule has 0 aliphatic heterocycles. The van der Waals surface area contributed by atoms with Crippen LogP contribution >= 0.6 is 22.7 Å². The van der Waals surface area contributed by atoms with Crippen LogP contribution in [0.2, 0.25) is 0 Å². The third-order valence-electron chi connectivity index (χ3n) is 1.19. The van der Waals surface area contributed by atoms with Gasteiger partial charge >= 0.3 is 0 Å². The van der Waals surface area contributed by atoms with Gasteiger partial charge in [0.05, 0.1) is 33.0 Å². The first kappa shape index (κ1) is 9.96. The minimum atomic E-state index is 0.0195. The van der Waals surface area contributed by atoms with Crippen molar-refractivity contribution >= 4 is 34.1 Å². The minimum Gasteiger partial charge on any atom is -0.224 e.